The summed E-state index contributed by atoms with van der Waals surface area (Å²) in [5, 5.41) is 6.43. The van der Waals surface area contributed by atoms with Crippen molar-refractivity contribution in [3.63, 3.8) is 0 Å². The topological polar surface area (TPSA) is 63.9 Å². The van der Waals surface area contributed by atoms with E-state index in [1.54, 1.807) is 29.3 Å². The summed E-state index contributed by atoms with van der Waals surface area (Å²) in [6.45, 7) is 1.99. The summed E-state index contributed by atoms with van der Waals surface area (Å²) in [5.74, 6) is -0.151. The normalized spacial score (nSPS) is 14.4. The van der Waals surface area contributed by atoms with E-state index in [1.807, 2.05) is 36.4 Å². The van der Waals surface area contributed by atoms with Crippen molar-refractivity contribution in [2.24, 2.45) is 0 Å². The van der Waals surface area contributed by atoms with Gasteiger partial charge < -0.3 is 9.64 Å². The van der Waals surface area contributed by atoms with Crippen molar-refractivity contribution < 1.29 is 9.53 Å². The summed E-state index contributed by atoms with van der Waals surface area (Å²) < 4.78 is 6.71. The highest BCUT2D eigenvalue weighted by Gasteiger charge is 2.24. The maximum Gasteiger partial charge on any atom is 0.279 e. The number of hydrogen-bond donors (Lipinski definition) is 0. The molecule has 2 aromatic carbocycles. The van der Waals surface area contributed by atoms with Crippen molar-refractivity contribution in [1.82, 2.24) is 14.5 Å². The number of carbonyl (C=O) groups is 1. The Hall–Kier alpha value is -3.22. The van der Waals surface area contributed by atoms with E-state index in [9.17, 15) is 9.59 Å². The van der Waals surface area contributed by atoms with Gasteiger partial charge >= 0.3 is 0 Å². The molecule has 5 rings (SSSR count). The van der Waals surface area contributed by atoms with Crippen molar-refractivity contribution in [2.75, 3.05) is 26.3 Å². The predicted octanol–water partition coefficient (Wildman–Crippen LogP) is 3.64. The highest BCUT2D eigenvalue weighted by atomic mass is 35.5. The van der Waals surface area contributed by atoms with Crippen molar-refractivity contribution in [3.05, 3.63) is 81.7 Å². The Balaban J connectivity index is 1.86. The van der Waals surface area contributed by atoms with E-state index in [0.717, 1.165) is 10.9 Å². The fraction of sp³-hybridized carbons (Fsp3) is 0.174. The van der Waals surface area contributed by atoms with Gasteiger partial charge in [0.2, 0.25) is 0 Å². The molecule has 0 spiro atoms. The van der Waals surface area contributed by atoms with E-state index in [0.29, 0.717) is 53.4 Å². The maximum absolute atomic E-state index is 13.5. The van der Waals surface area contributed by atoms with Gasteiger partial charge in [-0.05, 0) is 23.8 Å². The molecule has 0 N–H and O–H groups in total. The molecular formula is C23H18ClN3O3. The van der Waals surface area contributed by atoms with Gasteiger partial charge in [-0.3, -0.25) is 9.59 Å². The molecule has 1 aliphatic rings. The molecule has 4 aromatic rings. The van der Waals surface area contributed by atoms with Crippen LogP contribution in [0.2, 0.25) is 5.02 Å². The maximum atomic E-state index is 13.5. The van der Waals surface area contributed by atoms with Crippen LogP contribution in [-0.2, 0) is 4.74 Å². The van der Waals surface area contributed by atoms with E-state index in [1.165, 1.54) is 4.52 Å². The van der Waals surface area contributed by atoms with Crippen molar-refractivity contribution in [1.29, 1.82) is 0 Å². The molecule has 30 heavy (non-hydrogen) atoms. The average Bonchev–Trinajstić information content (AvgIpc) is 2.80. The number of aromatic nitrogens is 2. The number of ether oxygens (including phenoxy) is 1. The molecule has 0 radical (unpaired) electrons. The molecule has 150 valence electrons. The van der Waals surface area contributed by atoms with E-state index in [2.05, 4.69) is 5.10 Å². The van der Waals surface area contributed by atoms with Gasteiger partial charge in [0.15, 0.2) is 0 Å². The molecule has 6 nitrogen and oxygen atoms in total. The lowest BCUT2D eigenvalue weighted by atomic mass is 10.0. The number of hydrogen-bond acceptors (Lipinski definition) is 4. The number of rotatable bonds is 2. The first kappa shape index (κ1) is 18.8. The van der Waals surface area contributed by atoms with Crippen molar-refractivity contribution in [3.8, 4) is 11.1 Å². The van der Waals surface area contributed by atoms with Crippen LogP contribution in [0.4, 0.5) is 0 Å². The van der Waals surface area contributed by atoms with Crippen LogP contribution in [0.1, 0.15) is 10.4 Å². The van der Waals surface area contributed by atoms with Crippen LogP contribution in [-0.4, -0.2) is 46.7 Å². The average molecular weight is 420 g/mol. The van der Waals surface area contributed by atoms with Gasteiger partial charge in [0, 0.05) is 34.4 Å². The van der Waals surface area contributed by atoms with Crippen LogP contribution >= 0.6 is 11.6 Å². The minimum atomic E-state index is -0.281. The standard InChI is InChI=1S/C23H18ClN3O3/c24-17-7-6-16-14-25-27-21(18(16)12-17)20(22(28)26-8-10-30-11-9-26)13-19(23(27)29)15-4-2-1-3-5-15/h1-7,12-14H,8-11H2. The first-order valence-electron chi connectivity index (χ1n) is 9.70. The summed E-state index contributed by atoms with van der Waals surface area (Å²) in [6, 6.07) is 16.4. The summed E-state index contributed by atoms with van der Waals surface area (Å²) >= 11 is 6.25. The van der Waals surface area contributed by atoms with Crippen LogP contribution in [0.3, 0.4) is 0 Å². The van der Waals surface area contributed by atoms with Crippen molar-refractivity contribution in [2.45, 2.75) is 0 Å². The van der Waals surface area contributed by atoms with E-state index in [-0.39, 0.29) is 11.5 Å². The zero-order valence-electron chi connectivity index (χ0n) is 16.0. The van der Waals surface area contributed by atoms with Crippen LogP contribution < -0.4 is 5.56 Å². The quantitative estimate of drug-likeness (QED) is 0.465. The molecule has 3 heterocycles. The van der Waals surface area contributed by atoms with Gasteiger partial charge in [-0.15, -0.1) is 0 Å². The summed E-state index contributed by atoms with van der Waals surface area (Å²) in [4.78, 5) is 28.6. The molecule has 7 heteroatoms. The summed E-state index contributed by atoms with van der Waals surface area (Å²) in [6.07, 6.45) is 1.62. The van der Waals surface area contributed by atoms with Crippen LogP contribution in [0.5, 0.6) is 0 Å². The highest BCUT2D eigenvalue weighted by Crippen LogP contribution is 2.28. The second-order valence-corrected chi connectivity index (χ2v) is 7.62. The number of amides is 1. The van der Waals surface area contributed by atoms with Crippen molar-refractivity contribution >= 4 is 33.8 Å². The molecule has 1 aliphatic heterocycles. The lowest BCUT2D eigenvalue weighted by Gasteiger charge is -2.27. The van der Waals surface area contributed by atoms with E-state index in [4.69, 9.17) is 16.3 Å². The van der Waals surface area contributed by atoms with Crippen LogP contribution in [0.25, 0.3) is 27.4 Å². The molecule has 2 aromatic heterocycles. The van der Waals surface area contributed by atoms with Gasteiger partial charge in [-0.25, -0.2) is 0 Å². The molecule has 1 saturated heterocycles. The second kappa shape index (κ2) is 7.55. The fourth-order valence-electron chi connectivity index (χ4n) is 3.86. The Morgan fingerprint density at radius 3 is 2.57 bits per heavy atom. The minimum Gasteiger partial charge on any atom is -0.378 e. The van der Waals surface area contributed by atoms with Gasteiger partial charge in [-0.2, -0.15) is 9.61 Å². The zero-order valence-corrected chi connectivity index (χ0v) is 16.8. The third-order valence-electron chi connectivity index (χ3n) is 5.37. The number of fused-ring (bicyclic) bond motifs is 3. The SMILES string of the molecule is O=C(c1cc(-c2ccccc2)c(=O)n2ncc3ccc(Cl)cc3c12)N1CCOCC1. The summed E-state index contributed by atoms with van der Waals surface area (Å²) in [7, 11) is 0. The first-order chi connectivity index (χ1) is 14.6. The Morgan fingerprint density at radius 1 is 1.03 bits per heavy atom. The molecule has 1 fully saturated rings. The largest absolute Gasteiger partial charge is 0.378 e. The number of nitrogens with zero attached hydrogens (tertiary/aromatic N) is 3. The number of morpholine rings is 1. The minimum absolute atomic E-state index is 0.151. The van der Waals surface area contributed by atoms with E-state index < -0.39 is 0 Å². The Morgan fingerprint density at radius 2 is 1.80 bits per heavy atom. The van der Waals surface area contributed by atoms with Gasteiger partial charge in [-0.1, -0.05) is 48.0 Å². The smallest absolute Gasteiger partial charge is 0.279 e. The zero-order chi connectivity index (χ0) is 20.7. The number of halogens is 1. The molecule has 1 amide bonds. The number of carbonyl (C=O) groups excluding carboxylic acids is 1. The Labute approximate surface area is 177 Å². The molecule has 0 atom stereocenters. The molecule has 0 aliphatic carbocycles. The Kier molecular flexibility index (Phi) is 4.73. The molecule has 0 unspecified atom stereocenters. The number of pyridine rings is 1. The molecule has 0 saturated carbocycles. The second-order valence-electron chi connectivity index (χ2n) is 7.18. The highest BCUT2D eigenvalue weighted by molar-refractivity contribution is 6.31. The lowest BCUT2D eigenvalue weighted by molar-refractivity contribution is 0.0304. The Bertz CT molecular complexity index is 1330. The lowest BCUT2D eigenvalue weighted by Crippen LogP contribution is -2.41. The van der Waals surface area contributed by atoms with Gasteiger partial charge in [0.1, 0.15) is 0 Å². The summed E-state index contributed by atoms with van der Waals surface area (Å²) in [5.41, 5.74) is 1.78. The third kappa shape index (κ3) is 3.14. The predicted molar refractivity (Wildman–Crippen MR) is 116 cm³/mol. The molecule has 0 bridgehead atoms. The van der Waals surface area contributed by atoms with Gasteiger partial charge in [0.05, 0.1) is 30.5 Å². The number of benzene rings is 2. The first-order valence-corrected chi connectivity index (χ1v) is 10.1. The van der Waals surface area contributed by atoms with Crippen LogP contribution in [0, 0.1) is 0 Å². The fourth-order valence-corrected chi connectivity index (χ4v) is 4.04. The third-order valence-corrected chi connectivity index (χ3v) is 5.61. The van der Waals surface area contributed by atoms with Crippen LogP contribution in [0.15, 0.2) is 65.6 Å². The van der Waals surface area contributed by atoms with E-state index >= 15 is 0 Å². The molecular weight excluding hydrogens is 402 g/mol. The van der Waals surface area contributed by atoms with Gasteiger partial charge in [0.25, 0.3) is 11.5 Å². The monoisotopic (exact) mass is 419 g/mol.